The van der Waals surface area contributed by atoms with Crippen molar-refractivity contribution in [2.75, 3.05) is 58.4 Å². The van der Waals surface area contributed by atoms with E-state index in [1.165, 1.54) is 11.3 Å². The Kier molecular flexibility index (Phi) is 8.22. The molecule has 0 radical (unpaired) electrons. The number of carbonyl (C=O) groups is 1. The highest BCUT2D eigenvalue weighted by molar-refractivity contribution is 5.76. The van der Waals surface area contributed by atoms with Crippen molar-refractivity contribution < 1.29 is 9.53 Å². The fourth-order valence-corrected chi connectivity index (χ4v) is 2.98. The molecule has 1 heterocycles. The molecule has 0 N–H and O–H groups in total. The van der Waals surface area contributed by atoms with Gasteiger partial charge >= 0.3 is 0 Å². The number of rotatable bonds is 9. The number of morpholine rings is 1. The monoisotopic (exact) mass is 347 g/mol. The third kappa shape index (κ3) is 6.67. The fraction of sp³-hybridized carbons (Fsp3) is 0.650. The molecule has 0 bridgehead atoms. The Morgan fingerprint density at radius 2 is 1.84 bits per heavy atom. The van der Waals surface area contributed by atoms with E-state index in [1.54, 1.807) is 0 Å². The Morgan fingerprint density at radius 3 is 2.44 bits per heavy atom. The molecule has 1 fully saturated rings. The Hall–Kier alpha value is -1.59. The van der Waals surface area contributed by atoms with Gasteiger partial charge in [-0.1, -0.05) is 25.5 Å². The molecule has 1 saturated heterocycles. The van der Waals surface area contributed by atoms with Crippen LogP contribution in [-0.2, 0) is 16.1 Å². The number of benzene rings is 1. The zero-order chi connectivity index (χ0) is 18.1. The molecule has 0 saturated carbocycles. The highest BCUT2D eigenvalue weighted by atomic mass is 16.5. The molecule has 1 aromatic carbocycles. The molecule has 1 aliphatic rings. The van der Waals surface area contributed by atoms with Gasteiger partial charge in [0.15, 0.2) is 0 Å². The Morgan fingerprint density at radius 1 is 1.16 bits per heavy atom. The van der Waals surface area contributed by atoms with Crippen molar-refractivity contribution in [3.05, 3.63) is 29.8 Å². The van der Waals surface area contributed by atoms with Crippen molar-refractivity contribution >= 4 is 11.6 Å². The summed E-state index contributed by atoms with van der Waals surface area (Å²) in [5.41, 5.74) is 2.37. The third-order valence-electron chi connectivity index (χ3n) is 4.71. The maximum absolute atomic E-state index is 12.6. The number of ether oxygens (including phenoxy) is 1. The number of hydrogen-bond acceptors (Lipinski definition) is 4. The maximum atomic E-state index is 12.6. The first-order valence-electron chi connectivity index (χ1n) is 9.44. The van der Waals surface area contributed by atoms with E-state index < -0.39 is 0 Å². The standard InChI is InChI=1S/C20H33N3O2/c1-4-5-6-20(24)23(12-11-22-13-15-25-16-14-22)17-18-7-9-19(10-8-18)21(2)3/h7-10H,4-6,11-17H2,1-3H3. The van der Waals surface area contributed by atoms with Crippen LogP contribution in [0.1, 0.15) is 31.7 Å². The minimum Gasteiger partial charge on any atom is -0.379 e. The predicted octanol–water partition coefficient (Wildman–Crippen LogP) is 2.60. The van der Waals surface area contributed by atoms with Crippen LogP contribution in [0.3, 0.4) is 0 Å². The molecule has 1 aliphatic heterocycles. The summed E-state index contributed by atoms with van der Waals surface area (Å²) < 4.78 is 5.41. The lowest BCUT2D eigenvalue weighted by Crippen LogP contribution is -2.42. The van der Waals surface area contributed by atoms with E-state index in [4.69, 9.17) is 4.74 Å². The smallest absolute Gasteiger partial charge is 0.222 e. The van der Waals surface area contributed by atoms with Gasteiger partial charge in [0.25, 0.3) is 0 Å². The van der Waals surface area contributed by atoms with E-state index in [0.29, 0.717) is 13.0 Å². The Bertz CT molecular complexity index is 510. The Balaban J connectivity index is 1.95. The molecule has 140 valence electrons. The largest absolute Gasteiger partial charge is 0.379 e. The van der Waals surface area contributed by atoms with Gasteiger partial charge in [-0.05, 0) is 24.1 Å². The average Bonchev–Trinajstić information content (AvgIpc) is 2.64. The van der Waals surface area contributed by atoms with E-state index in [-0.39, 0.29) is 5.91 Å². The van der Waals surface area contributed by atoms with Crippen LogP contribution in [-0.4, -0.2) is 69.2 Å². The molecular weight excluding hydrogens is 314 g/mol. The summed E-state index contributed by atoms with van der Waals surface area (Å²) in [4.78, 5) is 19.1. The van der Waals surface area contributed by atoms with Crippen LogP contribution < -0.4 is 4.90 Å². The molecule has 0 spiro atoms. The van der Waals surface area contributed by atoms with Crippen molar-refractivity contribution in [2.45, 2.75) is 32.7 Å². The number of carbonyl (C=O) groups excluding carboxylic acids is 1. The SMILES string of the molecule is CCCCC(=O)N(CCN1CCOCC1)Cc1ccc(N(C)C)cc1. The van der Waals surface area contributed by atoms with E-state index in [9.17, 15) is 4.79 Å². The highest BCUT2D eigenvalue weighted by Crippen LogP contribution is 2.15. The van der Waals surface area contributed by atoms with Gasteiger partial charge in [0.1, 0.15) is 0 Å². The van der Waals surface area contributed by atoms with Crippen molar-refractivity contribution in [2.24, 2.45) is 0 Å². The summed E-state index contributed by atoms with van der Waals surface area (Å²) in [7, 11) is 4.08. The molecule has 25 heavy (non-hydrogen) atoms. The highest BCUT2D eigenvalue weighted by Gasteiger charge is 2.17. The zero-order valence-electron chi connectivity index (χ0n) is 16.0. The summed E-state index contributed by atoms with van der Waals surface area (Å²) >= 11 is 0. The lowest BCUT2D eigenvalue weighted by molar-refractivity contribution is -0.132. The second-order valence-electron chi connectivity index (χ2n) is 6.93. The molecule has 0 aromatic heterocycles. The zero-order valence-corrected chi connectivity index (χ0v) is 16.0. The van der Waals surface area contributed by atoms with Gasteiger partial charge in [-0.15, -0.1) is 0 Å². The van der Waals surface area contributed by atoms with Crippen molar-refractivity contribution in [3.8, 4) is 0 Å². The van der Waals surface area contributed by atoms with Crippen LogP contribution >= 0.6 is 0 Å². The second kappa shape index (κ2) is 10.4. The van der Waals surface area contributed by atoms with E-state index in [2.05, 4.69) is 41.0 Å². The summed E-state index contributed by atoms with van der Waals surface area (Å²) in [6, 6.07) is 8.49. The Labute approximate surface area is 152 Å². The summed E-state index contributed by atoms with van der Waals surface area (Å²) in [5, 5.41) is 0. The summed E-state index contributed by atoms with van der Waals surface area (Å²) in [6.07, 6.45) is 2.67. The normalized spacial score (nSPS) is 15.2. The number of hydrogen-bond donors (Lipinski definition) is 0. The molecule has 1 aromatic rings. The van der Waals surface area contributed by atoms with Crippen LogP contribution in [0.4, 0.5) is 5.69 Å². The number of anilines is 1. The van der Waals surface area contributed by atoms with E-state index >= 15 is 0 Å². The first kappa shape index (κ1) is 19.7. The summed E-state index contributed by atoms with van der Waals surface area (Å²) in [6.45, 7) is 8.08. The molecule has 0 unspecified atom stereocenters. The number of amides is 1. The number of nitrogens with zero attached hydrogens (tertiary/aromatic N) is 3. The van der Waals surface area contributed by atoms with Crippen LogP contribution in [0.15, 0.2) is 24.3 Å². The van der Waals surface area contributed by atoms with Crippen molar-refractivity contribution in [1.29, 1.82) is 0 Å². The average molecular weight is 348 g/mol. The maximum Gasteiger partial charge on any atom is 0.222 e. The number of unbranched alkanes of at least 4 members (excludes halogenated alkanes) is 1. The van der Waals surface area contributed by atoms with Crippen LogP contribution in [0.25, 0.3) is 0 Å². The first-order chi connectivity index (χ1) is 12.1. The lowest BCUT2D eigenvalue weighted by Gasteiger charge is -2.30. The molecule has 2 rings (SSSR count). The topological polar surface area (TPSA) is 36.0 Å². The van der Waals surface area contributed by atoms with Gasteiger partial charge in [-0.25, -0.2) is 0 Å². The van der Waals surface area contributed by atoms with Gasteiger partial charge < -0.3 is 14.5 Å². The molecule has 0 aliphatic carbocycles. The molecule has 1 amide bonds. The van der Waals surface area contributed by atoms with Crippen LogP contribution in [0, 0.1) is 0 Å². The summed E-state index contributed by atoms with van der Waals surface area (Å²) in [5.74, 6) is 0.270. The minimum atomic E-state index is 0.270. The van der Waals surface area contributed by atoms with Gasteiger partial charge in [-0.3, -0.25) is 9.69 Å². The second-order valence-corrected chi connectivity index (χ2v) is 6.93. The van der Waals surface area contributed by atoms with Gasteiger partial charge in [0.2, 0.25) is 5.91 Å². The first-order valence-corrected chi connectivity index (χ1v) is 9.44. The molecule has 5 nitrogen and oxygen atoms in total. The van der Waals surface area contributed by atoms with Gasteiger partial charge in [-0.2, -0.15) is 0 Å². The van der Waals surface area contributed by atoms with Gasteiger partial charge in [0, 0.05) is 58.9 Å². The van der Waals surface area contributed by atoms with E-state index in [1.807, 2.05) is 19.0 Å². The van der Waals surface area contributed by atoms with Crippen molar-refractivity contribution in [3.63, 3.8) is 0 Å². The predicted molar refractivity (Wildman–Crippen MR) is 103 cm³/mol. The third-order valence-corrected chi connectivity index (χ3v) is 4.71. The molecular formula is C20H33N3O2. The molecule has 5 heteroatoms. The molecule has 0 atom stereocenters. The lowest BCUT2D eigenvalue weighted by atomic mass is 10.1. The quantitative estimate of drug-likeness (QED) is 0.688. The van der Waals surface area contributed by atoms with Crippen molar-refractivity contribution in [1.82, 2.24) is 9.80 Å². The van der Waals surface area contributed by atoms with Crippen LogP contribution in [0.2, 0.25) is 0 Å². The van der Waals surface area contributed by atoms with E-state index in [0.717, 1.165) is 52.2 Å². The van der Waals surface area contributed by atoms with Crippen LogP contribution in [0.5, 0.6) is 0 Å². The fourth-order valence-electron chi connectivity index (χ4n) is 2.98. The van der Waals surface area contributed by atoms with Gasteiger partial charge in [0.05, 0.1) is 13.2 Å². The minimum absolute atomic E-state index is 0.270.